The highest BCUT2D eigenvalue weighted by atomic mass is 15.2. The monoisotopic (exact) mass is 247 g/mol. The highest BCUT2D eigenvalue weighted by Gasteiger charge is 2.37. The Morgan fingerprint density at radius 3 is 2.56 bits per heavy atom. The number of rotatable bonds is 4. The van der Waals surface area contributed by atoms with Gasteiger partial charge in [-0.25, -0.2) is 0 Å². The largest absolute Gasteiger partial charge is 0.319 e. The van der Waals surface area contributed by atoms with Crippen molar-refractivity contribution in [3.63, 3.8) is 0 Å². The van der Waals surface area contributed by atoms with Crippen LogP contribution in [-0.2, 0) is 5.41 Å². The number of pyridine rings is 1. The van der Waals surface area contributed by atoms with Gasteiger partial charge < -0.3 is 10.2 Å². The number of likely N-dealkylation sites (tertiary alicyclic amines) is 1. The van der Waals surface area contributed by atoms with E-state index in [9.17, 15) is 0 Å². The number of hydrogen-bond acceptors (Lipinski definition) is 3. The minimum atomic E-state index is 0.224. The first-order valence-corrected chi connectivity index (χ1v) is 6.98. The highest BCUT2D eigenvalue weighted by Crippen LogP contribution is 2.34. The fourth-order valence-corrected chi connectivity index (χ4v) is 3.01. The summed E-state index contributed by atoms with van der Waals surface area (Å²) in [5.74, 6) is 0. The second-order valence-corrected chi connectivity index (χ2v) is 5.66. The Labute approximate surface area is 111 Å². The van der Waals surface area contributed by atoms with Crippen LogP contribution in [0.25, 0.3) is 0 Å². The minimum Gasteiger partial charge on any atom is -0.319 e. The second kappa shape index (κ2) is 5.81. The molecule has 0 spiro atoms. The SMILES string of the molecule is CNCC1(c2ccccn2)CCN(C(C)C)CC1. The van der Waals surface area contributed by atoms with Crippen molar-refractivity contribution in [1.29, 1.82) is 0 Å². The lowest BCUT2D eigenvalue weighted by atomic mass is 9.75. The zero-order valence-electron chi connectivity index (χ0n) is 11.8. The first kappa shape index (κ1) is 13.5. The van der Waals surface area contributed by atoms with Gasteiger partial charge in [-0.1, -0.05) is 6.07 Å². The molecule has 0 aliphatic carbocycles. The first-order valence-electron chi connectivity index (χ1n) is 6.98. The van der Waals surface area contributed by atoms with Crippen LogP contribution in [0.4, 0.5) is 0 Å². The summed E-state index contributed by atoms with van der Waals surface area (Å²) in [6, 6.07) is 6.94. The average Bonchev–Trinajstić information content (AvgIpc) is 2.40. The Hall–Kier alpha value is -0.930. The van der Waals surface area contributed by atoms with Crippen molar-refractivity contribution in [3.05, 3.63) is 30.1 Å². The van der Waals surface area contributed by atoms with Crippen molar-refractivity contribution in [3.8, 4) is 0 Å². The molecule has 1 aliphatic rings. The van der Waals surface area contributed by atoms with Crippen LogP contribution in [0.2, 0.25) is 0 Å². The molecule has 1 N–H and O–H groups in total. The van der Waals surface area contributed by atoms with Crippen LogP contribution in [0.15, 0.2) is 24.4 Å². The summed E-state index contributed by atoms with van der Waals surface area (Å²) in [6.45, 7) is 7.94. The lowest BCUT2D eigenvalue weighted by molar-refractivity contribution is 0.126. The minimum absolute atomic E-state index is 0.224. The molecular weight excluding hydrogens is 222 g/mol. The van der Waals surface area contributed by atoms with Gasteiger partial charge >= 0.3 is 0 Å². The summed E-state index contributed by atoms with van der Waals surface area (Å²) in [5, 5.41) is 3.36. The van der Waals surface area contributed by atoms with E-state index in [4.69, 9.17) is 0 Å². The van der Waals surface area contributed by atoms with E-state index >= 15 is 0 Å². The van der Waals surface area contributed by atoms with Crippen molar-refractivity contribution in [2.24, 2.45) is 0 Å². The molecule has 2 rings (SSSR count). The molecule has 0 unspecified atom stereocenters. The molecule has 0 aromatic carbocycles. The van der Waals surface area contributed by atoms with Crippen molar-refractivity contribution >= 4 is 0 Å². The normalized spacial score (nSPS) is 20.2. The summed E-state index contributed by atoms with van der Waals surface area (Å²) < 4.78 is 0. The quantitative estimate of drug-likeness (QED) is 0.882. The number of aromatic nitrogens is 1. The zero-order chi connectivity index (χ0) is 13.0. The molecule has 1 aliphatic heterocycles. The van der Waals surface area contributed by atoms with Gasteiger partial charge in [0.2, 0.25) is 0 Å². The molecule has 1 aromatic heterocycles. The van der Waals surface area contributed by atoms with E-state index in [0.29, 0.717) is 6.04 Å². The van der Waals surface area contributed by atoms with E-state index < -0.39 is 0 Å². The molecule has 0 radical (unpaired) electrons. The van der Waals surface area contributed by atoms with Crippen LogP contribution in [0.1, 0.15) is 32.4 Å². The Balaban J connectivity index is 2.15. The van der Waals surface area contributed by atoms with Crippen LogP contribution < -0.4 is 5.32 Å². The molecule has 18 heavy (non-hydrogen) atoms. The molecule has 0 saturated carbocycles. The molecule has 2 heterocycles. The molecule has 1 fully saturated rings. The first-order chi connectivity index (χ1) is 8.68. The van der Waals surface area contributed by atoms with Gasteiger partial charge in [0.15, 0.2) is 0 Å². The van der Waals surface area contributed by atoms with E-state index in [0.717, 1.165) is 6.54 Å². The molecule has 0 amide bonds. The Morgan fingerprint density at radius 1 is 1.33 bits per heavy atom. The predicted molar refractivity (Wildman–Crippen MR) is 75.8 cm³/mol. The van der Waals surface area contributed by atoms with E-state index in [2.05, 4.69) is 41.2 Å². The van der Waals surface area contributed by atoms with Crippen molar-refractivity contribution in [2.75, 3.05) is 26.7 Å². The molecule has 1 saturated heterocycles. The van der Waals surface area contributed by atoms with Crippen LogP contribution in [0.3, 0.4) is 0 Å². The van der Waals surface area contributed by atoms with E-state index in [1.807, 2.05) is 19.3 Å². The maximum absolute atomic E-state index is 4.60. The average molecular weight is 247 g/mol. The summed E-state index contributed by atoms with van der Waals surface area (Å²) >= 11 is 0. The van der Waals surface area contributed by atoms with E-state index in [1.165, 1.54) is 31.6 Å². The third-order valence-corrected chi connectivity index (χ3v) is 4.21. The van der Waals surface area contributed by atoms with Crippen LogP contribution in [0, 0.1) is 0 Å². The number of nitrogens with zero attached hydrogens (tertiary/aromatic N) is 2. The number of piperidine rings is 1. The molecule has 100 valence electrons. The van der Waals surface area contributed by atoms with Gasteiger partial charge in [-0.05, 0) is 59.0 Å². The fourth-order valence-electron chi connectivity index (χ4n) is 3.01. The highest BCUT2D eigenvalue weighted by molar-refractivity contribution is 5.19. The van der Waals surface area contributed by atoms with Gasteiger partial charge in [-0.2, -0.15) is 0 Å². The standard InChI is InChI=1S/C15H25N3/c1-13(2)18-10-7-15(8-11-18,12-16-3)14-6-4-5-9-17-14/h4-6,9,13,16H,7-8,10-12H2,1-3H3. The van der Waals surface area contributed by atoms with Crippen LogP contribution in [0.5, 0.6) is 0 Å². The van der Waals surface area contributed by atoms with Gasteiger partial charge in [0.25, 0.3) is 0 Å². The van der Waals surface area contributed by atoms with Crippen LogP contribution in [-0.4, -0.2) is 42.6 Å². The molecule has 0 bridgehead atoms. The topological polar surface area (TPSA) is 28.2 Å². The lowest BCUT2D eigenvalue weighted by Gasteiger charge is -2.43. The third kappa shape index (κ3) is 2.73. The summed E-state index contributed by atoms with van der Waals surface area (Å²) in [6.07, 6.45) is 4.31. The van der Waals surface area contributed by atoms with E-state index in [1.54, 1.807) is 0 Å². The number of hydrogen-bond donors (Lipinski definition) is 1. The van der Waals surface area contributed by atoms with Gasteiger partial charge in [0.1, 0.15) is 0 Å². The van der Waals surface area contributed by atoms with Gasteiger partial charge in [0.05, 0.1) is 0 Å². The summed E-state index contributed by atoms with van der Waals surface area (Å²) in [7, 11) is 2.04. The molecular formula is C15H25N3. The van der Waals surface area contributed by atoms with E-state index in [-0.39, 0.29) is 5.41 Å². The Kier molecular flexibility index (Phi) is 4.36. The molecule has 3 nitrogen and oxygen atoms in total. The third-order valence-electron chi connectivity index (χ3n) is 4.21. The summed E-state index contributed by atoms with van der Waals surface area (Å²) in [5.41, 5.74) is 1.48. The molecule has 1 aromatic rings. The zero-order valence-corrected chi connectivity index (χ0v) is 11.8. The molecule has 0 atom stereocenters. The second-order valence-electron chi connectivity index (χ2n) is 5.66. The number of nitrogens with one attached hydrogen (secondary N) is 1. The van der Waals surface area contributed by atoms with Crippen molar-refractivity contribution in [2.45, 2.75) is 38.1 Å². The fraction of sp³-hybridized carbons (Fsp3) is 0.667. The van der Waals surface area contributed by atoms with Gasteiger partial charge in [0, 0.05) is 29.9 Å². The Bertz CT molecular complexity index is 353. The smallest absolute Gasteiger partial charge is 0.0479 e. The number of likely N-dealkylation sites (N-methyl/N-ethyl adjacent to an activating group) is 1. The van der Waals surface area contributed by atoms with Gasteiger partial charge in [-0.15, -0.1) is 0 Å². The van der Waals surface area contributed by atoms with Crippen LogP contribution >= 0.6 is 0 Å². The predicted octanol–water partition coefficient (Wildman–Crippen LogP) is 2.04. The lowest BCUT2D eigenvalue weighted by Crippen LogP contribution is -2.49. The Morgan fingerprint density at radius 2 is 2.06 bits per heavy atom. The van der Waals surface area contributed by atoms with Crippen molar-refractivity contribution in [1.82, 2.24) is 15.2 Å². The van der Waals surface area contributed by atoms with Crippen molar-refractivity contribution < 1.29 is 0 Å². The molecule has 3 heteroatoms. The maximum Gasteiger partial charge on any atom is 0.0479 e. The summed E-state index contributed by atoms with van der Waals surface area (Å²) in [4.78, 5) is 7.17. The maximum atomic E-state index is 4.60. The van der Waals surface area contributed by atoms with Gasteiger partial charge in [-0.3, -0.25) is 4.98 Å².